The van der Waals surface area contributed by atoms with Gasteiger partial charge in [-0.05, 0) is 12.1 Å². The van der Waals surface area contributed by atoms with Crippen LogP contribution >= 0.6 is 0 Å². The Labute approximate surface area is 106 Å². The van der Waals surface area contributed by atoms with Gasteiger partial charge in [0.2, 0.25) is 0 Å². The number of aliphatic carboxylic acids is 1. The summed E-state index contributed by atoms with van der Waals surface area (Å²) in [5, 5.41) is 17.4. The van der Waals surface area contributed by atoms with Crippen molar-refractivity contribution in [2.45, 2.75) is 18.5 Å². The highest BCUT2D eigenvalue weighted by Gasteiger charge is 2.46. The average Bonchev–Trinajstić information content (AvgIpc) is 2.23. The Morgan fingerprint density at radius 2 is 1.55 bits per heavy atom. The molecule has 3 nitrogen and oxygen atoms in total. The summed E-state index contributed by atoms with van der Waals surface area (Å²) in [6.07, 6.45) is -14.2. The number of alkyl halides is 6. The van der Waals surface area contributed by atoms with Gasteiger partial charge in [-0.15, -0.1) is 0 Å². The summed E-state index contributed by atoms with van der Waals surface area (Å²) < 4.78 is 88.7. The molecule has 1 rings (SSSR count). The Morgan fingerprint density at radius 3 is 1.90 bits per heavy atom. The first-order valence-corrected chi connectivity index (χ1v) is 4.75. The van der Waals surface area contributed by atoms with Crippen LogP contribution < -0.4 is 0 Å². The summed E-state index contributed by atoms with van der Waals surface area (Å²) >= 11 is 0. The molecule has 0 radical (unpaired) electrons. The lowest BCUT2D eigenvalue weighted by Gasteiger charge is -2.20. The van der Waals surface area contributed by atoms with E-state index in [1.807, 2.05) is 0 Å². The lowest BCUT2D eigenvalue weighted by molar-refractivity contribution is -0.153. The average molecular weight is 306 g/mol. The van der Waals surface area contributed by atoms with Crippen molar-refractivity contribution in [3.8, 4) is 0 Å². The molecular weight excluding hydrogens is 301 g/mol. The summed E-state index contributed by atoms with van der Waals surface area (Å²) in [4.78, 5) is 10.5. The van der Waals surface area contributed by atoms with E-state index in [1.54, 1.807) is 0 Å². The molecule has 0 saturated carbocycles. The third-order valence-electron chi connectivity index (χ3n) is 2.29. The van der Waals surface area contributed by atoms with E-state index >= 15 is 0 Å². The smallest absolute Gasteiger partial charge is 0.419 e. The van der Waals surface area contributed by atoms with Gasteiger partial charge in [-0.1, -0.05) is 0 Å². The Balaban J connectivity index is 3.79. The van der Waals surface area contributed by atoms with Crippen LogP contribution in [0, 0.1) is 5.82 Å². The van der Waals surface area contributed by atoms with E-state index in [4.69, 9.17) is 10.2 Å². The summed E-state index contributed by atoms with van der Waals surface area (Å²) in [6, 6.07) is -0.157. The highest BCUT2D eigenvalue weighted by molar-refractivity contribution is 5.75. The number of halogens is 7. The molecule has 112 valence electrons. The van der Waals surface area contributed by atoms with Gasteiger partial charge in [-0.2, -0.15) is 26.3 Å². The van der Waals surface area contributed by atoms with Crippen LogP contribution in [0.4, 0.5) is 30.7 Å². The van der Waals surface area contributed by atoms with E-state index in [0.717, 1.165) is 0 Å². The van der Waals surface area contributed by atoms with Crippen LogP contribution in [-0.2, 0) is 17.1 Å². The topological polar surface area (TPSA) is 57.5 Å². The van der Waals surface area contributed by atoms with Crippen molar-refractivity contribution in [1.82, 2.24) is 0 Å². The van der Waals surface area contributed by atoms with Crippen molar-refractivity contribution in [2.24, 2.45) is 0 Å². The van der Waals surface area contributed by atoms with E-state index in [2.05, 4.69) is 0 Å². The number of hydrogen-bond donors (Lipinski definition) is 2. The summed E-state index contributed by atoms with van der Waals surface area (Å²) in [7, 11) is 0. The van der Waals surface area contributed by atoms with Crippen molar-refractivity contribution in [3.63, 3.8) is 0 Å². The van der Waals surface area contributed by atoms with Crippen LogP contribution in [0.1, 0.15) is 22.8 Å². The highest BCUT2D eigenvalue weighted by Crippen LogP contribution is 2.43. The van der Waals surface area contributed by atoms with Crippen LogP contribution in [0.3, 0.4) is 0 Å². The SMILES string of the molecule is O=C(O)C(O)c1c(C(F)(F)F)ccc(F)c1C(F)(F)F. The molecule has 20 heavy (non-hydrogen) atoms. The summed E-state index contributed by atoms with van der Waals surface area (Å²) in [5.74, 6) is -4.48. The van der Waals surface area contributed by atoms with Gasteiger partial charge < -0.3 is 10.2 Å². The fraction of sp³-hybridized carbons (Fsp3) is 0.300. The maximum absolute atomic E-state index is 13.1. The number of carboxylic acid groups (broad SMARTS) is 1. The third-order valence-corrected chi connectivity index (χ3v) is 2.29. The quantitative estimate of drug-likeness (QED) is 0.826. The number of aliphatic hydroxyl groups is 1. The zero-order chi connectivity index (χ0) is 15.9. The Kier molecular flexibility index (Phi) is 3.99. The molecule has 0 bridgehead atoms. The van der Waals surface area contributed by atoms with Crippen LogP contribution in [0.15, 0.2) is 12.1 Å². The molecule has 0 saturated heterocycles. The maximum Gasteiger partial charge on any atom is 0.419 e. The second-order valence-electron chi connectivity index (χ2n) is 3.62. The lowest BCUT2D eigenvalue weighted by atomic mass is 9.94. The van der Waals surface area contributed by atoms with Crippen LogP contribution in [0.5, 0.6) is 0 Å². The Hall–Kier alpha value is -1.84. The molecule has 1 aromatic carbocycles. The van der Waals surface area contributed by atoms with Crippen molar-refractivity contribution >= 4 is 5.97 Å². The standard InChI is InChI=1S/C10H5F7O3/c11-4-2-1-3(9(12,13)14)5(7(18)8(19)20)6(4)10(15,16)17/h1-2,7,18H,(H,19,20). The number of carbonyl (C=O) groups is 1. The van der Waals surface area contributed by atoms with Crippen LogP contribution in [-0.4, -0.2) is 16.2 Å². The van der Waals surface area contributed by atoms with Gasteiger partial charge in [0.05, 0.1) is 11.1 Å². The molecule has 0 heterocycles. The molecule has 2 N–H and O–H groups in total. The van der Waals surface area contributed by atoms with Crippen LogP contribution in [0.25, 0.3) is 0 Å². The fourth-order valence-corrected chi connectivity index (χ4v) is 1.54. The molecule has 1 atom stereocenters. The zero-order valence-corrected chi connectivity index (χ0v) is 9.18. The molecule has 0 fully saturated rings. The first-order chi connectivity index (χ1) is 8.87. The first kappa shape index (κ1) is 16.2. The van der Waals surface area contributed by atoms with Crippen molar-refractivity contribution in [1.29, 1.82) is 0 Å². The summed E-state index contributed by atoms with van der Waals surface area (Å²) in [5.41, 5.74) is -6.60. The Morgan fingerprint density at radius 1 is 1.05 bits per heavy atom. The van der Waals surface area contributed by atoms with E-state index in [9.17, 15) is 35.5 Å². The monoisotopic (exact) mass is 306 g/mol. The third kappa shape index (κ3) is 3.00. The summed E-state index contributed by atoms with van der Waals surface area (Å²) in [6.45, 7) is 0. The normalized spacial score (nSPS) is 14.2. The number of rotatable bonds is 2. The number of hydrogen-bond acceptors (Lipinski definition) is 2. The predicted octanol–water partition coefficient (Wildman–Crippen LogP) is 2.98. The molecule has 0 spiro atoms. The van der Waals surface area contributed by atoms with Gasteiger partial charge in [-0.25, -0.2) is 9.18 Å². The zero-order valence-electron chi connectivity index (χ0n) is 9.18. The van der Waals surface area contributed by atoms with E-state index in [-0.39, 0.29) is 12.1 Å². The van der Waals surface area contributed by atoms with Crippen LogP contribution in [0.2, 0.25) is 0 Å². The molecular formula is C10H5F7O3. The highest BCUT2D eigenvalue weighted by atomic mass is 19.4. The van der Waals surface area contributed by atoms with Gasteiger partial charge in [-0.3, -0.25) is 0 Å². The number of carboxylic acids is 1. The Bertz CT molecular complexity index is 533. The molecule has 10 heteroatoms. The van der Waals surface area contributed by atoms with Crippen molar-refractivity contribution in [3.05, 3.63) is 34.6 Å². The molecule has 0 aromatic heterocycles. The van der Waals surface area contributed by atoms with Gasteiger partial charge in [0.1, 0.15) is 5.82 Å². The van der Waals surface area contributed by atoms with E-state index in [1.165, 1.54) is 0 Å². The minimum Gasteiger partial charge on any atom is -0.479 e. The largest absolute Gasteiger partial charge is 0.479 e. The minimum atomic E-state index is -5.60. The fourth-order valence-electron chi connectivity index (χ4n) is 1.54. The van der Waals surface area contributed by atoms with E-state index < -0.39 is 46.9 Å². The molecule has 0 aliphatic heterocycles. The molecule has 1 aromatic rings. The minimum absolute atomic E-state index is 0.0634. The second-order valence-corrected chi connectivity index (χ2v) is 3.62. The first-order valence-electron chi connectivity index (χ1n) is 4.75. The maximum atomic E-state index is 13.1. The molecule has 0 aliphatic carbocycles. The second kappa shape index (κ2) is 4.93. The van der Waals surface area contributed by atoms with Gasteiger partial charge in [0.25, 0.3) is 0 Å². The van der Waals surface area contributed by atoms with Gasteiger partial charge in [0, 0.05) is 5.56 Å². The van der Waals surface area contributed by atoms with E-state index in [0.29, 0.717) is 0 Å². The molecule has 0 aliphatic rings. The number of aliphatic hydroxyl groups excluding tert-OH is 1. The predicted molar refractivity (Wildman–Crippen MR) is 49.0 cm³/mol. The van der Waals surface area contributed by atoms with Crippen molar-refractivity contribution in [2.75, 3.05) is 0 Å². The van der Waals surface area contributed by atoms with Gasteiger partial charge >= 0.3 is 18.3 Å². The van der Waals surface area contributed by atoms with Gasteiger partial charge in [0.15, 0.2) is 6.10 Å². The lowest BCUT2D eigenvalue weighted by Crippen LogP contribution is -2.24. The van der Waals surface area contributed by atoms with Crippen molar-refractivity contribution < 1.29 is 45.7 Å². The molecule has 0 amide bonds. The molecule has 1 unspecified atom stereocenters. The number of benzene rings is 1.